The number of benzene rings is 2. The van der Waals surface area contributed by atoms with Crippen LogP contribution in [0.5, 0.6) is 5.75 Å². The number of hydrogen-bond donors (Lipinski definition) is 1. The summed E-state index contributed by atoms with van der Waals surface area (Å²) >= 11 is 0. The van der Waals surface area contributed by atoms with Gasteiger partial charge in [0, 0.05) is 45.8 Å². The lowest BCUT2D eigenvalue weighted by Gasteiger charge is -2.34. The quantitative estimate of drug-likeness (QED) is 0.555. The van der Waals surface area contributed by atoms with Gasteiger partial charge >= 0.3 is 0 Å². The minimum atomic E-state index is -0.316. The molecule has 0 saturated carbocycles. The number of ether oxygens (including phenoxy) is 1. The van der Waals surface area contributed by atoms with Gasteiger partial charge in [-0.25, -0.2) is 4.39 Å². The molecule has 0 aliphatic carbocycles. The van der Waals surface area contributed by atoms with E-state index in [-0.39, 0.29) is 24.1 Å². The van der Waals surface area contributed by atoms with Crippen LogP contribution >= 0.6 is 0 Å². The van der Waals surface area contributed by atoms with Gasteiger partial charge in [-0.3, -0.25) is 14.6 Å². The lowest BCUT2D eigenvalue weighted by molar-refractivity contribution is 0.0903. The summed E-state index contributed by atoms with van der Waals surface area (Å²) in [6, 6.07) is 19.6. The Hall–Kier alpha value is -3.16. The molecule has 32 heavy (non-hydrogen) atoms. The number of hydrogen-bond acceptors (Lipinski definition) is 5. The second-order valence-electron chi connectivity index (χ2n) is 7.87. The molecule has 2 heterocycles. The van der Waals surface area contributed by atoms with E-state index in [1.165, 1.54) is 17.7 Å². The molecule has 7 heteroatoms. The number of rotatable bonds is 9. The van der Waals surface area contributed by atoms with Crippen molar-refractivity contribution in [2.45, 2.75) is 13.2 Å². The van der Waals surface area contributed by atoms with Gasteiger partial charge in [0.05, 0.1) is 0 Å². The molecular weight excluding hydrogens is 409 g/mol. The maximum atomic E-state index is 12.9. The molecule has 0 bridgehead atoms. The fraction of sp³-hybridized carbons (Fsp3) is 0.320. The first kappa shape index (κ1) is 22.0. The highest BCUT2D eigenvalue weighted by Gasteiger charge is 2.17. The highest BCUT2D eigenvalue weighted by Crippen LogP contribution is 2.15. The SMILES string of the molecule is O=C(NCCN1CCN(Cc2ccccc2)CC1)c1ccc(COc2ccc(F)cc2)o1. The third-order valence-corrected chi connectivity index (χ3v) is 5.51. The van der Waals surface area contributed by atoms with E-state index >= 15 is 0 Å². The molecular formula is C25H28FN3O3. The summed E-state index contributed by atoms with van der Waals surface area (Å²) in [6.45, 7) is 6.58. The Bertz CT molecular complexity index is 983. The molecule has 0 radical (unpaired) electrons. The number of piperazine rings is 1. The van der Waals surface area contributed by atoms with Gasteiger partial charge < -0.3 is 14.5 Å². The largest absolute Gasteiger partial charge is 0.486 e. The molecule has 1 aliphatic rings. The molecule has 1 amide bonds. The Labute approximate surface area is 187 Å². The zero-order chi connectivity index (χ0) is 22.2. The molecule has 4 rings (SSSR count). The Morgan fingerprint density at radius 1 is 0.938 bits per heavy atom. The number of nitrogens with one attached hydrogen (secondary N) is 1. The van der Waals surface area contributed by atoms with E-state index in [2.05, 4.69) is 39.4 Å². The molecule has 3 aromatic rings. The molecule has 2 aromatic carbocycles. The monoisotopic (exact) mass is 437 g/mol. The van der Waals surface area contributed by atoms with E-state index < -0.39 is 0 Å². The van der Waals surface area contributed by atoms with Crippen molar-refractivity contribution in [1.29, 1.82) is 0 Å². The van der Waals surface area contributed by atoms with Crippen molar-refractivity contribution < 1.29 is 18.3 Å². The Morgan fingerprint density at radius 3 is 2.41 bits per heavy atom. The minimum absolute atomic E-state index is 0.173. The lowest BCUT2D eigenvalue weighted by atomic mass is 10.2. The van der Waals surface area contributed by atoms with Crippen LogP contribution in [-0.2, 0) is 13.2 Å². The standard InChI is InChI=1S/C25H28FN3O3/c26-21-6-8-22(9-7-21)31-19-23-10-11-24(32-23)25(30)27-12-13-28-14-16-29(17-15-28)18-20-4-2-1-3-5-20/h1-11H,12-19H2,(H,27,30). The van der Waals surface area contributed by atoms with Crippen molar-refractivity contribution in [3.8, 4) is 5.75 Å². The van der Waals surface area contributed by atoms with Crippen LogP contribution < -0.4 is 10.1 Å². The first-order valence-electron chi connectivity index (χ1n) is 10.9. The maximum Gasteiger partial charge on any atom is 0.287 e. The molecule has 168 valence electrons. The minimum Gasteiger partial charge on any atom is -0.486 e. The Morgan fingerprint density at radius 2 is 1.66 bits per heavy atom. The molecule has 1 aliphatic heterocycles. The van der Waals surface area contributed by atoms with Crippen molar-refractivity contribution in [3.05, 3.63) is 89.6 Å². The molecule has 1 aromatic heterocycles. The van der Waals surface area contributed by atoms with Gasteiger partial charge in [0.2, 0.25) is 0 Å². The van der Waals surface area contributed by atoms with E-state index in [1.807, 2.05) is 6.07 Å². The molecule has 0 unspecified atom stereocenters. The van der Waals surface area contributed by atoms with Crippen molar-refractivity contribution >= 4 is 5.91 Å². The van der Waals surface area contributed by atoms with E-state index in [1.54, 1.807) is 24.3 Å². The molecule has 1 N–H and O–H groups in total. The van der Waals surface area contributed by atoms with Gasteiger partial charge in [-0.2, -0.15) is 0 Å². The molecule has 1 fully saturated rings. The summed E-state index contributed by atoms with van der Waals surface area (Å²) in [6.07, 6.45) is 0. The Kier molecular flexibility index (Phi) is 7.53. The van der Waals surface area contributed by atoms with Crippen molar-refractivity contribution in [2.75, 3.05) is 39.3 Å². The highest BCUT2D eigenvalue weighted by molar-refractivity contribution is 5.91. The third-order valence-electron chi connectivity index (χ3n) is 5.51. The third kappa shape index (κ3) is 6.42. The van der Waals surface area contributed by atoms with Crippen LogP contribution in [0.4, 0.5) is 4.39 Å². The maximum absolute atomic E-state index is 12.9. The van der Waals surface area contributed by atoms with Gasteiger partial charge in [0.15, 0.2) is 5.76 Å². The summed E-state index contributed by atoms with van der Waals surface area (Å²) in [5.74, 6) is 0.784. The van der Waals surface area contributed by atoms with E-state index in [4.69, 9.17) is 9.15 Å². The van der Waals surface area contributed by atoms with Crippen LogP contribution in [0.15, 0.2) is 71.1 Å². The average molecular weight is 438 g/mol. The van der Waals surface area contributed by atoms with Crippen LogP contribution in [-0.4, -0.2) is 55.0 Å². The predicted molar refractivity (Wildman–Crippen MR) is 120 cm³/mol. The summed E-state index contributed by atoms with van der Waals surface area (Å²) in [4.78, 5) is 17.2. The fourth-order valence-corrected chi connectivity index (χ4v) is 3.69. The number of carbonyl (C=O) groups is 1. The topological polar surface area (TPSA) is 58.0 Å². The summed E-state index contributed by atoms with van der Waals surface area (Å²) < 4.78 is 24.1. The number of halogens is 1. The van der Waals surface area contributed by atoms with Gasteiger partial charge in [-0.05, 0) is 42.0 Å². The fourth-order valence-electron chi connectivity index (χ4n) is 3.69. The number of carbonyl (C=O) groups excluding carboxylic acids is 1. The van der Waals surface area contributed by atoms with E-state index in [0.29, 0.717) is 18.1 Å². The van der Waals surface area contributed by atoms with Gasteiger partial charge in [-0.15, -0.1) is 0 Å². The average Bonchev–Trinajstić information content (AvgIpc) is 3.30. The van der Waals surface area contributed by atoms with Crippen molar-refractivity contribution in [1.82, 2.24) is 15.1 Å². The van der Waals surface area contributed by atoms with Crippen LogP contribution in [0.1, 0.15) is 21.9 Å². The zero-order valence-corrected chi connectivity index (χ0v) is 18.0. The van der Waals surface area contributed by atoms with E-state index in [0.717, 1.165) is 39.3 Å². The molecule has 1 saturated heterocycles. The van der Waals surface area contributed by atoms with Gasteiger partial charge in [0.1, 0.15) is 23.9 Å². The smallest absolute Gasteiger partial charge is 0.287 e. The zero-order valence-electron chi connectivity index (χ0n) is 18.0. The van der Waals surface area contributed by atoms with Crippen LogP contribution in [0.2, 0.25) is 0 Å². The van der Waals surface area contributed by atoms with E-state index in [9.17, 15) is 9.18 Å². The first-order chi connectivity index (χ1) is 15.7. The number of amides is 1. The predicted octanol–water partition coefficient (Wildman–Crippen LogP) is 3.55. The van der Waals surface area contributed by atoms with Crippen LogP contribution in [0.25, 0.3) is 0 Å². The summed E-state index contributed by atoms with van der Waals surface area (Å²) in [7, 11) is 0. The second kappa shape index (κ2) is 10.9. The molecule has 0 atom stereocenters. The van der Waals surface area contributed by atoms with Crippen LogP contribution in [0.3, 0.4) is 0 Å². The van der Waals surface area contributed by atoms with Gasteiger partial charge in [-0.1, -0.05) is 30.3 Å². The number of nitrogens with zero attached hydrogens (tertiary/aromatic N) is 2. The second-order valence-corrected chi connectivity index (χ2v) is 7.87. The molecule has 0 spiro atoms. The highest BCUT2D eigenvalue weighted by atomic mass is 19.1. The molecule has 6 nitrogen and oxygen atoms in total. The van der Waals surface area contributed by atoms with Crippen LogP contribution in [0, 0.1) is 5.82 Å². The first-order valence-corrected chi connectivity index (χ1v) is 10.9. The summed E-state index contributed by atoms with van der Waals surface area (Å²) in [5.41, 5.74) is 1.34. The van der Waals surface area contributed by atoms with Crippen molar-refractivity contribution in [3.63, 3.8) is 0 Å². The normalized spacial score (nSPS) is 14.9. The van der Waals surface area contributed by atoms with Gasteiger partial charge in [0.25, 0.3) is 5.91 Å². The number of furan rings is 1. The summed E-state index contributed by atoms with van der Waals surface area (Å²) in [5, 5.41) is 2.92. The van der Waals surface area contributed by atoms with Crippen molar-refractivity contribution in [2.24, 2.45) is 0 Å². The lowest BCUT2D eigenvalue weighted by Crippen LogP contribution is -2.48. The Balaban J connectivity index is 1.14.